The summed E-state index contributed by atoms with van der Waals surface area (Å²) in [7, 11) is -3.61. The summed E-state index contributed by atoms with van der Waals surface area (Å²) < 4.78 is 33.0. The second-order valence-electron chi connectivity index (χ2n) is 6.68. The molecular formula is C18H23BrN4O4S. The van der Waals surface area contributed by atoms with Crippen LogP contribution >= 0.6 is 15.9 Å². The molecule has 28 heavy (non-hydrogen) atoms. The molecule has 0 aliphatic carbocycles. The van der Waals surface area contributed by atoms with E-state index < -0.39 is 10.0 Å². The second-order valence-corrected chi connectivity index (χ2v) is 9.41. The van der Waals surface area contributed by atoms with Crippen LogP contribution in [0.2, 0.25) is 0 Å². The summed E-state index contributed by atoms with van der Waals surface area (Å²) in [6, 6.07) is 7.45. The zero-order valence-corrected chi connectivity index (χ0v) is 18.2. The number of aryl methyl sites for hydroxylation is 2. The van der Waals surface area contributed by atoms with Gasteiger partial charge in [0.1, 0.15) is 10.6 Å². The number of carbonyl (C=O) groups excluding carboxylic acids is 1. The van der Waals surface area contributed by atoms with E-state index in [2.05, 4.69) is 31.3 Å². The topological polar surface area (TPSA) is 95.8 Å². The van der Waals surface area contributed by atoms with Gasteiger partial charge in [-0.25, -0.2) is 8.42 Å². The Kier molecular flexibility index (Phi) is 6.54. The first kappa shape index (κ1) is 21.0. The van der Waals surface area contributed by atoms with Crippen molar-refractivity contribution in [3.8, 4) is 0 Å². The molecule has 0 saturated carbocycles. The van der Waals surface area contributed by atoms with Gasteiger partial charge in [0.15, 0.2) is 5.76 Å². The molecule has 0 unspecified atom stereocenters. The number of hydrogen-bond donors (Lipinski definition) is 1. The van der Waals surface area contributed by atoms with Crippen LogP contribution in [0.15, 0.2) is 38.2 Å². The standard InChI is InChI=1S/C18H23BrN4O4S/c1-13-18(14(2)27-21-13)28(25,26)23-11-9-22(10-12-23)8-7-17(24)20-16-6-4-3-5-15(16)19/h3-6H,7-12H2,1-2H3,(H,20,24). The third kappa shape index (κ3) is 4.62. The highest BCUT2D eigenvalue weighted by Gasteiger charge is 2.33. The van der Waals surface area contributed by atoms with Gasteiger partial charge in [-0.3, -0.25) is 4.79 Å². The van der Waals surface area contributed by atoms with Crippen molar-refractivity contribution < 1.29 is 17.7 Å². The van der Waals surface area contributed by atoms with E-state index >= 15 is 0 Å². The lowest BCUT2D eigenvalue weighted by Gasteiger charge is -2.33. The monoisotopic (exact) mass is 470 g/mol. The summed E-state index contributed by atoms with van der Waals surface area (Å²) in [6.45, 7) is 5.71. The first-order valence-corrected chi connectivity index (χ1v) is 11.2. The number of nitrogens with one attached hydrogen (secondary N) is 1. The van der Waals surface area contributed by atoms with Gasteiger partial charge in [0.2, 0.25) is 15.9 Å². The maximum Gasteiger partial charge on any atom is 0.248 e. The van der Waals surface area contributed by atoms with E-state index in [1.54, 1.807) is 13.8 Å². The first-order chi connectivity index (χ1) is 13.3. The number of halogens is 1. The molecule has 1 fully saturated rings. The summed E-state index contributed by atoms with van der Waals surface area (Å²) in [4.78, 5) is 14.4. The Morgan fingerprint density at radius 1 is 1.21 bits per heavy atom. The normalized spacial score (nSPS) is 16.2. The summed E-state index contributed by atoms with van der Waals surface area (Å²) in [5.41, 5.74) is 1.12. The first-order valence-electron chi connectivity index (χ1n) is 8.99. The predicted octanol–water partition coefficient (Wildman–Crippen LogP) is 2.39. The van der Waals surface area contributed by atoms with Crippen LogP contribution in [0.5, 0.6) is 0 Å². The average molecular weight is 471 g/mol. The number of piperazine rings is 1. The van der Waals surface area contributed by atoms with E-state index in [0.29, 0.717) is 50.6 Å². The van der Waals surface area contributed by atoms with E-state index in [1.165, 1.54) is 4.31 Å². The molecule has 1 aliphatic heterocycles. The lowest BCUT2D eigenvalue weighted by atomic mass is 10.3. The third-order valence-electron chi connectivity index (χ3n) is 4.70. The molecular weight excluding hydrogens is 448 g/mol. The average Bonchev–Trinajstić information content (AvgIpc) is 3.01. The molecule has 1 aromatic heterocycles. The number of carbonyl (C=O) groups is 1. The lowest BCUT2D eigenvalue weighted by Crippen LogP contribution is -2.49. The Bertz CT molecular complexity index is 933. The molecule has 1 aliphatic rings. The molecule has 1 amide bonds. The van der Waals surface area contributed by atoms with Crippen LogP contribution in [0.1, 0.15) is 17.9 Å². The van der Waals surface area contributed by atoms with Crippen molar-refractivity contribution in [1.29, 1.82) is 0 Å². The maximum atomic E-state index is 12.8. The molecule has 2 aromatic rings. The van der Waals surface area contributed by atoms with Gasteiger partial charge in [-0.15, -0.1) is 0 Å². The molecule has 10 heteroatoms. The number of hydrogen-bond acceptors (Lipinski definition) is 6. The molecule has 0 bridgehead atoms. The van der Waals surface area contributed by atoms with Crippen molar-refractivity contribution in [2.45, 2.75) is 25.2 Å². The van der Waals surface area contributed by atoms with Crippen molar-refractivity contribution in [2.24, 2.45) is 0 Å². The summed E-state index contributed by atoms with van der Waals surface area (Å²) in [5, 5.41) is 6.62. The minimum Gasteiger partial charge on any atom is -0.360 e. The number of aromatic nitrogens is 1. The summed E-state index contributed by atoms with van der Waals surface area (Å²) in [6.07, 6.45) is 0.345. The van der Waals surface area contributed by atoms with Crippen molar-refractivity contribution in [2.75, 3.05) is 38.0 Å². The van der Waals surface area contributed by atoms with Crippen LogP contribution in [0.4, 0.5) is 5.69 Å². The number of nitrogens with zero attached hydrogens (tertiary/aromatic N) is 3. The summed E-state index contributed by atoms with van der Waals surface area (Å²) >= 11 is 3.41. The minimum absolute atomic E-state index is 0.0716. The van der Waals surface area contributed by atoms with Gasteiger partial charge in [0, 0.05) is 43.6 Å². The zero-order valence-electron chi connectivity index (χ0n) is 15.8. The van der Waals surface area contributed by atoms with Gasteiger partial charge < -0.3 is 14.7 Å². The van der Waals surface area contributed by atoms with Crippen LogP contribution in [-0.4, -0.2) is 61.4 Å². The van der Waals surface area contributed by atoms with Crippen LogP contribution in [0, 0.1) is 13.8 Å². The van der Waals surface area contributed by atoms with Crippen molar-refractivity contribution in [1.82, 2.24) is 14.4 Å². The second kappa shape index (κ2) is 8.73. The summed E-state index contributed by atoms with van der Waals surface area (Å²) in [5.74, 6) is 0.237. The molecule has 1 saturated heterocycles. The predicted molar refractivity (Wildman–Crippen MR) is 109 cm³/mol. The Labute approximate surface area is 173 Å². The van der Waals surface area contributed by atoms with E-state index in [4.69, 9.17) is 4.52 Å². The fourth-order valence-corrected chi connectivity index (χ4v) is 5.30. The van der Waals surface area contributed by atoms with E-state index in [9.17, 15) is 13.2 Å². The number of anilines is 1. The highest BCUT2D eigenvalue weighted by molar-refractivity contribution is 9.10. The molecule has 0 spiro atoms. The Hall–Kier alpha value is -1.75. The zero-order chi connectivity index (χ0) is 20.3. The van der Waals surface area contributed by atoms with Crippen molar-refractivity contribution in [3.63, 3.8) is 0 Å². The Balaban J connectivity index is 1.50. The van der Waals surface area contributed by atoms with Gasteiger partial charge in [-0.05, 0) is 41.9 Å². The maximum absolute atomic E-state index is 12.8. The SMILES string of the molecule is Cc1noc(C)c1S(=O)(=O)N1CCN(CCC(=O)Nc2ccccc2Br)CC1. The Morgan fingerprint density at radius 2 is 1.89 bits per heavy atom. The van der Waals surface area contributed by atoms with Gasteiger partial charge in [-0.1, -0.05) is 17.3 Å². The number of rotatable bonds is 6. The molecule has 0 radical (unpaired) electrons. The molecule has 0 atom stereocenters. The van der Waals surface area contributed by atoms with Crippen molar-refractivity contribution in [3.05, 3.63) is 40.2 Å². The van der Waals surface area contributed by atoms with Gasteiger partial charge in [0.05, 0.1) is 5.69 Å². The van der Waals surface area contributed by atoms with Crippen LogP contribution in [0.3, 0.4) is 0 Å². The molecule has 152 valence electrons. The fraction of sp³-hybridized carbons (Fsp3) is 0.444. The number of amides is 1. The number of sulfonamides is 1. The molecule has 1 aromatic carbocycles. The number of benzene rings is 1. The van der Waals surface area contributed by atoms with Crippen LogP contribution < -0.4 is 5.32 Å². The van der Waals surface area contributed by atoms with E-state index in [-0.39, 0.29) is 10.8 Å². The van der Waals surface area contributed by atoms with E-state index in [1.807, 2.05) is 24.3 Å². The quantitative estimate of drug-likeness (QED) is 0.695. The smallest absolute Gasteiger partial charge is 0.248 e. The largest absolute Gasteiger partial charge is 0.360 e. The van der Waals surface area contributed by atoms with Crippen LogP contribution in [0.25, 0.3) is 0 Å². The van der Waals surface area contributed by atoms with Gasteiger partial charge in [0.25, 0.3) is 0 Å². The van der Waals surface area contributed by atoms with Gasteiger partial charge in [-0.2, -0.15) is 4.31 Å². The number of para-hydroxylation sites is 1. The molecule has 1 N–H and O–H groups in total. The molecule has 2 heterocycles. The Morgan fingerprint density at radius 3 is 2.50 bits per heavy atom. The van der Waals surface area contributed by atoms with Gasteiger partial charge >= 0.3 is 0 Å². The fourth-order valence-electron chi connectivity index (χ4n) is 3.20. The van der Waals surface area contributed by atoms with Crippen molar-refractivity contribution >= 4 is 37.5 Å². The van der Waals surface area contributed by atoms with Crippen LogP contribution in [-0.2, 0) is 14.8 Å². The molecule has 8 nitrogen and oxygen atoms in total. The lowest BCUT2D eigenvalue weighted by molar-refractivity contribution is -0.116. The third-order valence-corrected chi connectivity index (χ3v) is 7.54. The van der Waals surface area contributed by atoms with E-state index in [0.717, 1.165) is 10.2 Å². The highest BCUT2D eigenvalue weighted by Crippen LogP contribution is 2.24. The minimum atomic E-state index is -3.61. The molecule has 3 rings (SSSR count). The highest BCUT2D eigenvalue weighted by atomic mass is 79.9.